The molecule has 1 N–H and O–H groups in total. The number of aromatic nitrogens is 5. The second-order valence-electron chi connectivity index (χ2n) is 7.14. The van der Waals surface area contributed by atoms with Gasteiger partial charge in [0.1, 0.15) is 18.7 Å². The predicted octanol–water partition coefficient (Wildman–Crippen LogP) is 2.45. The summed E-state index contributed by atoms with van der Waals surface area (Å²) in [5, 5.41) is 12.8. The molecule has 1 aromatic carbocycles. The Morgan fingerprint density at radius 2 is 1.80 bits per heavy atom. The summed E-state index contributed by atoms with van der Waals surface area (Å²) >= 11 is 0. The van der Waals surface area contributed by atoms with Crippen molar-refractivity contribution >= 4 is 5.95 Å². The Hall–Kier alpha value is -3.37. The topological polar surface area (TPSA) is 89.1 Å². The third-order valence-electron chi connectivity index (χ3n) is 5.12. The van der Waals surface area contributed by atoms with Crippen LogP contribution in [0, 0.1) is 0 Å². The molecule has 0 unspecified atom stereocenters. The summed E-state index contributed by atoms with van der Waals surface area (Å²) in [6.45, 7) is 1.13. The lowest BCUT2D eigenvalue weighted by atomic mass is 9.89. The molecular weight excluding hydrogens is 401 g/mol. The molecule has 0 saturated carbocycles. The molecule has 0 amide bonds. The molecule has 2 aromatic heterocycles. The quantitative estimate of drug-likeness (QED) is 0.698. The number of benzene rings is 1. The molecule has 8 nitrogen and oxygen atoms in total. The van der Waals surface area contributed by atoms with Crippen molar-refractivity contribution in [1.82, 2.24) is 24.3 Å². The van der Waals surface area contributed by atoms with Crippen LogP contribution in [0.4, 0.5) is 19.1 Å². The summed E-state index contributed by atoms with van der Waals surface area (Å²) in [4.78, 5) is 22.4. The number of aromatic hydroxyl groups is 1. The first kappa shape index (κ1) is 19.9. The highest BCUT2D eigenvalue weighted by atomic mass is 19.4. The minimum Gasteiger partial charge on any atom is -0.508 e. The zero-order valence-electron chi connectivity index (χ0n) is 15.8. The van der Waals surface area contributed by atoms with Crippen molar-refractivity contribution < 1.29 is 18.3 Å². The Bertz CT molecular complexity index is 1070. The van der Waals surface area contributed by atoms with E-state index in [-0.39, 0.29) is 12.4 Å². The second-order valence-corrected chi connectivity index (χ2v) is 7.14. The molecule has 30 heavy (non-hydrogen) atoms. The van der Waals surface area contributed by atoms with Gasteiger partial charge >= 0.3 is 11.9 Å². The number of alkyl halides is 3. The normalized spacial score (nSPS) is 15.5. The van der Waals surface area contributed by atoms with E-state index >= 15 is 0 Å². The number of nitrogens with zero attached hydrogens (tertiary/aromatic N) is 6. The number of hydrogen-bond acceptors (Lipinski definition) is 6. The van der Waals surface area contributed by atoms with Gasteiger partial charge in [-0.05, 0) is 42.5 Å². The molecular formula is C19H19F3N6O2. The van der Waals surface area contributed by atoms with Crippen molar-refractivity contribution in [3.63, 3.8) is 0 Å². The number of halogens is 3. The molecule has 158 valence electrons. The molecule has 1 aliphatic heterocycles. The second kappa shape index (κ2) is 7.81. The molecule has 1 saturated heterocycles. The van der Waals surface area contributed by atoms with Gasteiger partial charge in [-0.25, -0.2) is 9.78 Å². The van der Waals surface area contributed by atoms with E-state index in [1.165, 1.54) is 6.33 Å². The summed E-state index contributed by atoms with van der Waals surface area (Å²) in [7, 11) is 0. The van der Waals surface area contributed by atoms with E-state index < -0.39 is 17.6 Å². The van der Waals surface area contributed by atoms with Crippen LogP contribution in [0.1, 0.15) is 30.0 Å². The monoisotopic (exact) mass is 420 g/mol. The zero-order chi connectivity index (χ0) is 21.3. The van der Waals surface area contributed by atoms with Gasteiger partial charge in [0, 0.05) is 19.3 Å². The highest BCUT2D eigenvalue weighted by Gasteiger charge is 2.33. The first-order valence-corrected chi connectivity index (χ1v) is 9.37. The Labute approximate surface area is 169 Å². The van der Waals surface area contributed by atoms with Crippen LogP contribution in [0.3, 0.4) is 0 Å². The number of rotatable bonds is 4. The van der Waals surface area contributed by atoms with Crippen LogP contribution >= 0.6 is 0 Å². The Kier molecular flexibility index (Phi) is 5.18. The molecule has 0 bridgehead atoms. The summed E-state index contributed by atoms with van der Waals surface area (Å²) in [5.74, 6) is 0.886. The Balaban J connectivity index is 1.40. The van der Waals surface area contributed by atoms with E-state index in [0.717, 1.165) is 39.9 Å². The fourth-order valence-corrected chi connectivity index (χ4v) is 3.51. The third-order valence-corrected chi connectivity index (χ3v) is 5.12. The number of piperidine rings is 1. The van der Waals surface area contributed by atoms with E-state index in [9.17, 15) is 23.1 Å². The van der Waals surface area contributed by atoms with Crippen molar-refractivity contribution in [1.29, 1.82) is 0 Å². The van der Waals surface area contributed by atoms with Gasteiger partial charge in [-0.2, -0.15) is 23.3 Å². The van der Waals surface area contributed by atoms with Gasteiger partial charge in [0.25, 0.3) is 0 Å². The summed E-state index contributed by atoms with van der Waals surface area (Å²) in [5.41, 5.74) is -0.476. The van der Waals surface area contributed by atoms with Crippen molar-refractivity contribution in [2.45, 2.75) is 31.6 Å². The predicted molar refractivity (Wildman–Crippen MR) is 101 cm³/mol. The lowest BCUT2D eigenvalue weighted by Gasteiger charge is -2.32. The standard InChI is InChI=1S/C19H19F3N6O2/c20-19(21,22)16-7-10-28(25-16)12-27-11-23-17(24-18(27)30)26-8-5-14(6-9-26)13-1-3-15(29)4-2-13/h1-4,7,10-11,14,29H,5-6,8-9,12H2. The first-order chi connectivity index (χ1) is 14.3. The van der Waals surface area contributed by atoms with Gasteiger partial charge < -0.3 is 10.0 Å². The maximum atomic E-state index is 12.6. The van der Waals surface area contributed by atoms with Gasteiger partial charge in [0.05, 0.1) is 0 Å². The van der Waals surface area contributed by atoms with Crippen molar-refractivity contribution in [3.8, 4) is 5.75 Å². The van der Waals surface area contributed by atoms with E-state index in [1.807, 2.05) is 17.0 Å². The molecule has 0 spiro atoms. The number of phenolic OH excluding ortho intramolecular Hbond substituents is 1. The molecule has 0 aliphatic carbocycles. The third kappa shape index (κ3) is 4.29. The summed E-state index contributed by atoms with van der Waals surface area (Å²) < 4.78 is 40.0. The summed E-state index contributed by atoms with van der Waals surface area (Å²) in [6.07, 6.45) is -0.415. The smallest absolute Gasteiger partial charge is 0.435 e. The molecule has 0 radical (unpaired) electrons. The number of phenols is 1. The summed E-state index contributed by atoms with van der Waals surface area (Å²) in [6, 6.07) is 8.00. The van der Waals surface area contributed by atoms with Gasteiger partial charge in [0.2, 0.25) is 5.95 Å². The zero-order valence-corrected chi connectivity index (χ0v) is 15.8. The van der Waals surface area contributed by atoms with Crippen molar-refractivity contribution in [2.75, 3.05) is 18.0 Å². The maximum absolute atomic E-state index is 12.6. The van der Waals surface area contributed by atoms with Gasteiger partial charge in [-0.15, -0.1) is 0 Å². The minimum atomic E-state index is -4.54. The first-order valence-electron chi connectivity index (χ1n) is 9.37. The van der Waals surface area contributed by atoms with Gasteiger partial charge in [-0.3, -0.25) is 9.25 Å². The highest BCUT2D eigenvalue weighted by molar-refractivity contribution is 5.32. The van der Waals surface area contributed by atoms with Gasteiger partial charge in [-0.1, -0.05) is 12.1 Å². The van der Waals surface area contributed by atoms with Crippen LogP contribution in [0.15, 0.2) is 47.7 Å². The van der Waals surface area contributed by atoms with Crippen LogP contribution < -0.4 is 10.6 Å². The van der Waals surface area contributed by atoms with Crippen LogP contribution in [0.5, 0.6) is 5.75 Å². The van der Waals surface area contributed by atoms with Crippen LogP contribution in [0.2, 0.25) is 0 Å². The SMILES string of the molecule is O=c1nc(N2CCC(c3ccc(O)cc3)CC2)ncn1Cn1ccc(C(F)(F)F)n1. The Morgan fingerprint density at radius 3 is 2.40 bits per heavy atom. The molecule has 4 rings (SSSR count). The van der Waals surface area contributed by atoms with Crippen LogP contribution in [0.25, 0.3) is 0 Å². The van der Waals surface area contributed by atoms with E-state index in [4.69, 9.17) is 0 Å². The lowest BCUT2D eigenvalue weighted by molar-refractivity contribution is -0.141. The molecule has 0 atom stereocenters. The average molecular weight is 420 g/mol. The largest absolute Gasteiger partial charge is 0.508 e. The highest BCUT2D eigenvalue weighted by Crippen LogP contribution is 2.30. The van der Waals surface area contributed by atoms with Crippen LogP contribution in [-0.4, -0.2) is 42.5 Å². The van der Waals surface area contributed by atoms with E-state index in [0.29, 0.717) is 25.0 Å². The Morgan fingerprint density at radius 1 is 1.10 bits per heavy atom. The molecule has 11 heteroatoms. The number of hydrogen-bond donors (Lipinski definition) is 1. The molecule has 1 fully saturated rings. The molecule has 3 heterocycles. The molecule has 1 aliphatic rings. The van der Waals surface area contributed by atoms with Crippen molar-refractivity contribution in [2.24, 2.45) is 0 Å². The van der Waals surface area contributed by atoms with E-state index in [1.54, 1.807) is 12.1 Å². The fourth-order valence-electron chi connectivity index (χ4n) is 3.51. The maximum Gasteiger partial charge on any atom is 0.435 e. The average Bonchev–Trinajstić information content (AvgIpc) is 3.20. The van der Waals surface area contributed by atoms with Crippen LogP contribution in [-0.2, 0) is 12.8 Å². The fraction of sp³-hybridized carbons (Fsp3) is 0.368. The van der Waals surface area contributed by atoms with Gasteiger partial charge in [0.15, 0.2) is 5.69 Å². The van der Waals surface area contributed by atoms with Crippen molar-refractivity contribution in [3.05, 3.63) is 64.6 Å². The molecule has 3 aromatic rings. The lowest BCUT2D eigenvalue weighted by Crippen LogP contribution is -2.37. The van der Waals surface area contributed by atoms with E-state index in [2.05, 4.69) is 15.1 Å². The minimum absolute atomic E-state index is 0.210. The number of anilines is 1.